The van der Waals surface area contributed by atoms with Crippen LogP contribution in [0.1, 0.15) is 37.5 Å². The van der Waals surface area contributed by atoms with Crippen LogP contribution < -0.4 is 16.0 Å². The van der Waals surface area contributed by atoms with E-state index in [1.165, 1.54) is 4.68 Å². The van der Waals surface area contributed by atoms with Gasteiger partial charge in [0.2, 0.25) is 6.17 Å². The van der Waals surface area contributed by atoms with Crippen molar-refractivity contribution in [2.75, 3.05) is 10.6 Å². The largest absolute Gasteiger partial charge is 0.322 e. The van der Waals surface area contributed by atoms with Crippen LogP contribution in [0, 0.1) is 6.92 Å². The number of halogens is 1. The minimum Gasteiger partial charge on any atom is -0.322 e. The van der Waals surface area contributed by atoms with E-state index in [2.05, 4.69) is 31.0 Å². The molecule has 212 valence electrons. The van der Waals surface area contributed by atoms with Gasteiger partial charge in [0.15, 0.2) is 11.5 Å². The van der Waals surface area contributed by atoms with Crippen LogP contribution in [-0.4, -0.2) is 44.4 Å². The molecule has 0 aliphatic carbocycles. The average molecular weight is 590 g/mol. The van der Waals surface area contributed by atoms with Gasteiger partial charge in [0.25, 0.3) is 17.7 Å². The van der Waals surface area contributed by atoms with Gasteiger partial charge < -0.3 is 16.0 Å². The normalized spacial score (nSPS) is 14.1. The first kappa shape index (κ1) is 27.6. The summed E-state index contributed by atoms with van der Waals surface area (Å²) in [6.45, 7) is 1.64. The van der Waals surface area contributed by atoms with E-state index in [0.29, 0.717) is 22.8 Å². The van der Waals surface area contributed by atoms with E-state index >= 15 is 0 Å². The number of benzodiazepines with no additional fused rings is 1. The third-order valence-electron chi connectivity index (χ3n) is 6.82. The van der Waals surface area contributed by atoms with Gasteiger partial charge in [-0.05, 0) is 37.3 Å². The molecule has 0 saturated carbocycles. The molecule has 3 N–H and O–H groups in total. The highest BCUT2D eigenvalue weighted by molar-refractivity contribution is 6.34. The zero-order chi connectivity index (χ0) is 29.9. The Morgan fingerprint density at radius 3 is 2.37 bits per heavy atom. The molecule has 5 aromatic rings. The van der Waals surface area contributed by atoms with Crippen molar-refractivity contribution in [1.29, 1.82) is 0 Å². The van der Waals surface area contributed by atoms with Crippen molar-refractivity contribution in [2.45, 2.75) is 13.1 Å². The van der Waals surface area contributed by atoms with Crippen LogP contribution in [0.25, 0.3) is 5.82 Å². The molecule has 1 aliphatic rings. The fourth-order valence-corrected chi connectivity index (χ4v) is 4.92. The summed E-state index contributed by atoms with van der Waals surface area (Å²) in [5, 5.41) is 13.2. The summed E-state index contributed by atoms with van der Waals surface area (Å²) >= 11 is 6.25. The molecule has 0 radical (unpaired) electrons. The number of carbonyl (C=O) groups excluding carboxylic acids is 3. The van der Waals surface area contributed by atoms with Crippen LogP contribution in [0.5, 0.6) is 0 Å². The lowest BCUT2D eigenvalue weighted by Crippen LogP contribution is -2.42. The third kappa shape index (κ3) is 5.51. The second kappa shape index (κ2) is 11.7. The lowest BCUT2D eigenvalue weighted by Gasteiger charge is -2.13. The van der Waals surface area contributed by atoms with Crippen LogP contribution in [0.3, 0.4) is 0 Å². The van der Waals surface area contributed by atoms with Crippen LogP contribution >= 0.6 is 11.6 Å². The highest BCUT2D eigenvalue weighted by atomic mass is 35.5. The van der Waals surface area contributed by atoms with Crippen LogP contribution in [0.15, 0.2) is 108 Å². The summed E-state index contributed by atoms with van der Waals surface area (Å²) in [5.41, 5.74) is 3.21. The Hall–Kier alpha value is -5.61. The molecule has 0 fully saturated rings. The molecule has 3 amide bonds. The standard InChI is InChI=1S/C32H24ClN7O3/c1-19-26(39-40(25-17-9-10-18-34-25)29(19)38-30(41)21-13-5-7-15-23(21)33)31(42)37-28-32(43)35-24-16-8-6-14-22(24)27(36-28)20-11-3-2-4-12-20/h2-18,28H,1H3,(H,35,43)(H,37,42)(H,38,41). The minimum atomic E-state index is -1.27. The molecule has 0 spiro atoms. The van der Waals surface area contributed by atoms with Gasteiger partial charge in [0, 0.05) is 22.9 Å². The van der Waals surface area contributed by atoms with Crippen molar-refractivity contribution in [3.8, 4) is 5.82 Å². The van der Waals surface area contributed by atoms with Crippen molar-refractivity contribution in [3.63, 3.8) is 0 Å². The van der Waals surface area contributed by atoms with Crippen molar-refractivity contribution in [1.82, 2.24) is 20.1 Å². The smallest absolute Gasteiger partial charge is 0.274 e. The second-order valence-electron chi connectivity index (χ2n) is 9.61. The fourth-order valence-electron chi connectivity index (χ4n) is 4.70. The Kier molecular flexibility index (Phi) is 7.50. The van der Waals surface area contributed by atoms with Crippen molar-refractivity contribution in [3.05, 3.63) is 136 Å². The van der Waals surface area contributed by atoms with Gasteiger partial charge >= 0.3 is 0 Å². The number of amides is 3. The topological polar surface area (TPSA) is 130 Å². The number of hydrogen-bond acceptors (Lipinski definition) is 6. The van der Waals surface area contributed by atoms with Crippen LogP contribution in [-0.2, 0) is 4.79 Å². The summed E-state index contributed by atoms with van der Waals surface area (Å²) < 4.78 is 1.36. The number of hydrogen-bond donors (Lipinski definition) is 3. The van der Waals surface area contributed by atoms with Gasteiger partial charge in [-0.25, -0.2) is 9.98 Å². The maximum Gasteiger partial charge on any atom is 0.274 e. The lowest BCUT2D eigenvalue weighted by molar-refractivity contribution is -0.117. The number of nitrogens with zero attached hydrogens (tertiary/aromatic N) is 4. The predicted molar refractivity (Wildman–Crippen MR) is 164 cm³/mol. The van der Waals surface area contributed by atoms with Gasteiger partial charge in [-0.3, -0.25) is 14.4 Å². The average Bonchev–Trinajstić information content (AvgIpc) is 3.28. The molecule has 2 aromatic heterocycles. The number of nitrogens with one attached hydrogen (secondary N) is 3. The molecule has 0 saturated heterocycles. The maximum absolute atomic E-state index is 13.7. The highest BCUT2D eigenvalue weighted by Crippen LogP contribution is 2.26. The Bertz CT molecular complexity index is 1890. The van der Waals surface area contributed by atoms with Crippen LogP contribution in [0.2, 0.25) is 5.02 Å². The van der Waals surface area contributed by atoms with Gasteiger partial charge in [-0.2, -0.15) is 9.78 Å². The van der Waals surface area contributed by atoms with E-state index in [1.54, 1.807) is 61.7 Å². The summed E-state index contributed by atoms with van der Waals surface area (Å²) in [5.74, 6) is -1.08. The molecular weight excluding hydrogens is 566 g/mol. The van der Waals surface area contributed by atoms with Gasteiger partial charge in [0.05, 0.1) is 22.0 Å². The first-order valence-corrected chi connectivity index (χ1v) is 13.7. The quantitative estimate of drug-likeness (QED) is 0.256. The third-order valence-corrected chi connectivity index (χ3v) is 7.15. The zero-order valence-corrected chi connectivity index (χ0v) is 23.5. The monoisotopic (exact) mass is 589 g/mol. The Morgan fingerprint density at radius 1 is 0.884 bits per heavy atom. The van der Waals surface area contributed by atoms with Crippen molar-refractivity contribution in [2.24, 2.45) is 4.99 Å². The molecular formula is C32H24ClN7O3. The predicted octanol–water partition coefficient (Wildman–Crippen LogP) is 5.03. The van der Waals surface area contributed by atoms with E-state index in [9.17, 15) is 14.4 Å². The zero-order valence-electron chi connectivity index (χ0n) is 22.8. The molecule has 1 atom stereocenters. The van der Waals surface area contributed by atoms with Gasteiger partial charge in [-0.1, -0.05) is 78.3 Å². The van der Waals surface area contributed by atoms with E-state index < -0.39 is 23.9 Å². The van der Waals surface area contributed by atoms with E-state index in [-0.39, 0.29) is 22.1 Å². The highest BCUT2D eigenvalue weighted by Gasteiger charge is 2.30. The lowest BCUT2D eigenvalue weighted by atomic mass is 10.0. The van der Waals surface area contributed by atoms with E-state index in [1.807, 2.05) is 48.5 Å². The molecule has 43 heavy (non-hydrogen) atoms. The first-order chi connectivity index (χ1) is 20.9. The van der Waals surface area contributed by atoms with E-state index in [4.69, 9.17) is 11.6 Å². The summed E-state index contributed by atoms with van der Waals surface area (Å²) in [6, 6.07) is 28.5. The molecule has 10 nitrogen and oxygen atoms in total. The second-order valence-corrected chi connectivity index (χ2v) is 10.0. The number of aromatic nitrogens is 3. The number of carbonyl (C=O) groups is 3. The Morgan fingerprint density at radius 2 is 1.60 bits per heavy atom. The van der Waals surface area contributed by atoms with Gasteiger partial charge in [0.1, 0.15) is 5.82 Å². The molecule has 3 heterocycles. The summed E-state index contributed by atoms with van der Waals surface area (Å²) in [6.07, 6.45) is 0.301. The van der Waals surface area contributed by atoms with Crippen LogP contribution in [0.4, 0.5) is 11.5 Å². The van der Waals surface area contributed by atoms with Crippen molar-refractivity contribution >= 4 is 46.5 Å². The molecule has 3 aromatic carbocycles. The number of aliphatic imine (C=N–C) groups is 1. The molecule has 1 unspecified atom stereocenters. The molecule has 1 aliphatic heterocycles. The Labute approximate surface area is 251 Å². The Balaban J connectivity index is 1.37. The number of anilines is 2. The molecule has 6 rings (SSSR count). The number of fused-ring (bicyclic) bond motifs is 1. The number of rotatable bonds is 6. The summed E-state index contributed by atoms with van der Waals surface area (Å²) in [4.78, 5) is 49.2. The fraction of sp³-hybridized carbons (Fsp3) is 0.0625. The minimum absolute atomic E-state index is 0.0221. The van der Waals surface area contributed by atoms with Gasteiger partial charge in [-0.15, -0.1) is 0 Å². The molecule has 11 heteroatoms. The number of para-hydroxylation sites is 1. The SMILES string of the molecule is Cc1c(C(=O)NC2N=C(c3ccccc3)c3ccccc3NC2=O)nn(-c2ccccn2)c1NC(=O)c1ccccc1Cl. The number of pyridine rings is 1. The maximum atomic E-state index is 13.7. The van der Waals surface area contributed by atoms with Crippen molar-refractivity contribution < 1.29 is 14.4 Å². The summed E-state index contributed by atoms with van der Waals surface area (Å²) in [7, 11) is 0. The first-order valence-electron chi connectivity index (χ1n) is 13.3. The van der Waals surface area contributed by atoms with E-state index in [0.717, 1.165) is 11.1 Å². The molecule has 0 bridgehead atoms. The number of benzene rings is 3.